The molecule has 1 aliphatic rings. The number of hydrogen-bond acceptors (Lipinski definition) is 3. The average molecular weight is 239 g/mol. The van der Waals surface area contributed by atoms with Gasteiger partial charge in [-0.2, -0.15) is 5.48 Å². The van der Waals surface area contributed by atoms with Crippen molar-refractivity contribution in [2.24, 2.45) is 5.92 Å². The smallest absolute Gasteiger partial charge is 0.127 e. The Hall–Kier alpha value is -1.13. The summed E-state index contributed by atoms with van der Waals surface area (Å²) in [5, 5.41) is 0. The van der Waals surface area contributed by atoms with Gasteiger partial charge in [0.1, 0.15) is 11.6 Å². The van der Waals surface area contributed by atoms with E-state index in [4.69, 9.17) is 9.57 Å². The van der Waals surface area contributed by atoms with Crippen LogP contribution in [0.1, 0.15) is 24.8 Å². The Labute approximate surface area is 101 Å². The fourth-order valence-electron chi connectivity index (χ4n) is 1.84. The predicted octanol–water partition coefficient (Wildman–Crippen LogP) is 2.66. The summed E-state index contributed by atoms with van der Waals surface area (Å²) in [5.41, 5.74) is 3.50. The zero-order valence-electron chi connectivity index (χ0n) is 10.0. The Balaban J connectivity index is 1.92. The summed E-state index contributed by atoms with van der Waals surface area (Å²) in [7, 11) is 1.54. The van der Waals surface area contributed by atoms with E-state index in [0.29, 0.717) is 24.8 Å². The van der Waals surface area contributed by atoms with Gasteiger partial charge in [-0.1, -0.05) is 6.42 Å². The Bertz CT molecular complexity index is 366. The first-order valence-corrected chi connectivity index (χ1v) is 5.96. The highest BCUT2D eigenvalue weighted by atomic mass is 19.1. The van der Waals surface area contributed by atoms with Crippen molar-refractivity contribution in [2.45, 2.75) is 25.8 Å². The van der Waals surface area contributed by atoms with E-state index in [1.807, 2.05) is 6.07 Å². The lowest BCUT2D eigenvalue weighted by atomic mass is 9.86. The zero-order chi connectivity index (χ0) is 12.1. The third-order valence-electron chi connectivity index (χ3n) is 3.06. The number of ether oxygens (including phenoxy) is 1. The summed E-state index contributed by atoms with van der Waals surface area (Å²) in [6, 6.07) is 4.74. The number of hydrogen-bond donors (Lipinski definition) is 1. The minimum Gasteiger partial charge on any atom is -0.493 e. The van der Waals surface area contributed by atoms with Crippen LogP contribution in [0.15, 0.2) is 18.2 Å². The van der Waals surface area contributed by atoms with Crippen molar-refractivity contribution < 1.29 is 14.0 Å². The second-order valence-electron chi connectivity index (χ2n) is 4.43. The van der Waals surface area contributed by atoms with Gasteiger partial charge in [0.15, 0.2) is 0 Å². The molecule has 0 unspecified atom stereocenters. The van der Waals surface area contributed by atoms with Crippen molar-refractivity contribution in [2.75, 3.05) is 13.7 Å². The average Bonchev–Trinajstić information content (AvgIpc) is 2.23. The lowest BCUT2D eigenvalue weighted by Gasteiger charge is -2.25. The molecule has 0 aliphatic heterocycles. The molecule has 1 fully saturated rings. The minimum absolute atomic E-state index is 0.274. The molecule has 4 heteroatoms. The van der Waals surface area contributed by atoms with E-state index in [1.165, 1.54) is 38.5 Å². The Morgan fingerprint density at radius 2 is 2.18 bits per heavy atom. The number of rotatable bonds is 6. The third-order valence-corrected chi connectivity index (χ3v) is 3.06. The van der Waals surface area contributed by atoms with E-state index in [0.717, 1.165) is 5.56 Å². The van der Waals surface area contributed by atoms with E-state index < -0.39 is 0 Å². The molecule has 0 atom stereocenters. The number of benzene rings is 1. The zero-order valence-corrected chi connectivity index (χ0v) is 10.0. The molecule has 1 aliphatic carbocycles. The maximum atomic E-state index is 13.3. The van der Waals surface area contributed by atoms with Crippen LogP contribution < -0.4 is 10.2 Å². The monoisotopic (exact) mass is 239 g/mol. The molecule has 2 rings (SSSR count). The summed E-state index contributed by atoms with van der Waals surface area (Å²) in [4.78, 5) is 4.74. The highest BCUT2D eigenvalue weighted by molar-refractivity contribution is 5.29. The lowest BCUT2D eigenvalue weighted by molar-refractivity contribution is 0.0865. The third kappa shape index (κ3) is 3.68. The summed E-state index contributed by atoms with van der Waals surface area (Å²) in [6.07, 6.45) is 3.75. The standard InChI is InChI=1S/C13H18FNO2/c1-16-15-8-11-5-12(14)7-13(6-11)17-9-10-3-2-4-10/h5-7,10,15H,2-4,8-9H2,1H3. The van der Waals surface area contributed by atoms with Crippen molar-refractivity contribution in [3.05, 3.63) is 29.6 Å². The van der Waals surface area contributed by atoms with E-state index in [9.17, 15) is 4.39 Å². The van der Waals surface area contributed by atoms with Crippen LogP contribution in [-0.4, -0.2) is 13.7 Å². The molecule has 1 N–H and O–H groups in total. The quantitative estimate of drug-likeness (QED) is 0.774. The highest BCUT2D eigenvalue weighted by Crippen LogP contribution is 2.27. The number of halogens is 1. The molecule has 1 aromatic carbocycles. The summed E-state index contributed by atoms with van der Waals surface area (Å²) in [5.74, 6) is 0.979. The van der Waals surface area contributed by atoms with Gasteiger partial charge in [0, 0.05) is 12.6 Å². The van der Waals surface area contributed by atoms with Crippen molar-refractivity contribution in [3.63, 3.8) is 0 Å². The molecule has 0 heterocycles. The van der Waals surface area contributed by atoms with Gasteiger partial charge in [0.2, 0.25) is 0 Å². The van der Waals surface area contributed by atoms with Crippen LogP contribution in [0, 0.1) is 11.7 Å². The second-order valence-corrected chi connectivity index (χ2v) is 4.43. The van der Waals surface area contributed by atoms with Gasteiger partial charge in [0.25, 0.3) is 0 Å². The Morgan fingerprint density at radius 1 is 1.35 bits per heavy atom. The molecule has 1 aromatic rings. The van der Waals surface area contributed by atoms with E-state index in [2.05, 4.69) is 5.48 Å². The van der Waals surface area contributed by atoms with Gasteiger partial charge in [0.05, 0.1) is 13.7 Å². The van der Waals surface area contributed by atoms with Crippen LogP contribution >= 0.6 is 0 Å². The highest BCUT2D eigenvalue weighted by Gasteiger charge is 2.18. The summed E-state index contributed by atoms with van der Waals surface area (Å²) < 4.78 is 18.9. The van der Waals surface area contributed by atoms with Crippen LogP contribution in [0.25, 0.3) is 0 Å². The van der Waals surface area contributed by atoms with Crippen LogP contribution in [0.5, 0.6) is 5.75 Å². The maximum Gasteiger partial charge on any atom is 0.127 e. The molecular weight excluding hydrogens is 221 g/mol. The van der Waals surface area contributed by atoms with Gasteiger partial charge in [-0.3, -0.25) is 0 Å². The molecule has 0 aromatic heterocycles. The molecule has 17 heavy (non-hydrogen) atoms. The second kappa shape index (κ2) is 5.98. The van der Waals surface area contributed by atoms with Crippen LogP contribution in [-0.2, 0) is 11.4 Å². The van der Waals surface area contributed by atoms with Gasteiger partial charge in [-0.15, -0.1) is 0 Å². The van der Waals surface area contributed by atoms with E-state index in [-0.39, 0.29) is 5.82 Å². The molecule has 3 nitrogen and oxygen atoms in total. The first-order valence-electron chi connectivity index (χ1n) is 5.96. The summed E-state index contributed by atoms with van der Waals surface area (Å²) in [6.45, 7) is 1.16. The Morgan fingerprint density at radius 3 is 2.82 bits per heavy atom. The largest absolute Gasteiger partial charge is 0.493 e. The predicted molar refractivity (Wildman–Crippen MR) is 63.1 cm³/mol. The first kappa shape index (κ1) is 12.3. The van der Waals surface area contributed by atoms with Gasteiger partial charge >= 0.3 is 0 Å². The van der Waals surface area contributed by atoms with Crippen molar-refractivity contribution in [1.82, 2.24) is 5.48 Å². The number of hydroxylamine groups is 1. The Kier molecular flexibility index (Phi) is 4.34. The molecular formula is C13H18FNO2. The molecule has 0 saturated heterocycles. The van der Waals surface area contributed by atoms with Crippen molar-refractivity contribution in [3.8, 4) is 5.75 Å². The minimum atomic E-state index is -0.274. The van der Waals surface area contributed by atoms with Crippen LogP contribution in [0.3, 0.4) is 0 Å². The topological polar surface area (TPSA) is 30.5 Å². The van der Waals surface area contributed by atoms with Crippen molar-refractivity contribution >= 4 is 0 Å². The molecule has 0 spiro atoms. The van der Waals surface area contributed by atoms with Gasteiger partial charge in [-0.25, -0.2) is 4.39 Å². The molecule has 0 amide bonds. The van der Waals surface area contributed by atoms with E-state index in [1.54, 1.807) is 0 Å². The maximum absolute atomic E-state index is 13.3. The van der Waals surface area contributed by atoms with Crippen LogP contribution in [0.2, 0.25) is 0 Å². The first-order chi connectivity index (χ1) is 8.28. The molecule has 1 saturated carbocycles. The molecule has 0 radical (unpaired) electrons. The summed E-state index contributed by atoms with van der Waals surface area (Å²) >= 11 is 0. The van der Waals surface area contributed by atoms with Gasteiger partial charge in [-0.05, 0) is 36.5 Å². The van der Waals surface area contributed by atoms with Gasteiger partial charge < -0.3 is 9.57 Å². The van der Waals surface area contributed by atoms with E-state index >= 15 is 0 Å². The number of nitrogens with one attached hydrogen (secondary N) is 1. The molecule has 94 valence electrons. The fraction of sp³-hybridized carbons (Fsp3) is 0.538. The lowest BCUT2D eigenvalue weighted by Crippen LogP contribution is -2.19. The fourth-order valence-corrected chi connectivity index (χ4v) is 1.84. The van der Waals surface area contributed by atoms with Crippen LogP contribution in [0.4, 0.5) is 4.39 Å². The molecule has 0 bridgehead atoms. The van der Waals surface area contributed by atoms with Crippen molar-refractivity contribution in [1.29, 1.82) is 0 Å². The SMILES string of the molecule is CONCc1cc(F)cc(OCC2CCC2)c1. The normalized spacial score (nSPS) is 15.6.